The summed E-state index contributed by atoms with van der Waals surface area (Å²) in [4.78, 5) is 10.9. The van der Waals surface area contributed by atoms with Gasteiger partial charge >= 0.3 is 5.97 Å². The second-order valence-electron chi connectivity index (χ2n) is 4.49. The Bertz CT molecular complexity index is 212. The summed E-state index contributed by atoms with van der Waals surface area (Å²) in [5, 5.41) is 0. The first-order chi connectivity index (χ1) is 5.60. The van der Waals surface area contributed by atoms with Crippen molar-refractivity contribution >= 4 is 5.97 Å². The first-order valence-electron chi connectivity index (χ1n) is 4.80. The summed E-state index contributed by atoms with van der Waals surface area (Å²) in [6.45, 7) is 3.61. The molecular formula is C10H16O2. The molecule has 2 bridgehead atoms. The van der Waals surface area contributed by atoms with Crippen LogP contribution in [0, 0.1) is 11.8 Å². The van der Waals surface area contributed by atoms with E-state index in [4.69, 9.17) is 4.74 Å². The maximum atomic E-state index is 10.9. The van der Waals surface area contributed by atoms with Gasteiger partial charge in [0, 0.05) is 6.92 Å². The Kier molecular flexibility index (Phi) is 1.67. The lowest BCUT2D eigenvalue weighted by Crippen LogP contribution is -2.36. The molecule has 0 N–H and O–H groups in total. The van der Waals surface area contributed by atoms with Crippen LogP contribution in [-0.4, -0.2) is 11.6 Å². The Balaban J connectivity index is 2.07. The molecule has 0 spiro atoms. The van der Waals surface area contributed by atoms with Crippen molar-refractivity contribution in [1.29, 1.82) is 0 Å². The summed E-state index contributed by atoms with van der Waals surface area (Å²) < 4.78 is 5.39. The van der Waals surface area contributed by atoms with E-state index in [2.05, 4.69) is 6.92 Å². The molecule has 0 heterocycles. The molecule has 2 saturated carbocycles. The van der Waals surface area contributed by atoms with Crippen LogP contribution in [0.2, 0.25) is 0 Å². The smallest absolute Gasteiger partial charge is 0.303 e. The Labute approximate surface area is 73.3 Å². The second-order valence-corrected chi connectivity index (χ2v) is 4.49. The first-order valence-corrected chi connectivity index (χ1v) is 4.80. The fourth-order valence-corrected chi connectivity index (χ4v) is 3.01. The highest BCUT2D eigenvalue weighted by molar-refractivity contribution is 5.66. The van der Waals surface area contributed by atoms with Crippen LogP contribution < -0.4 is 0 Å². The van der Waals surface area contributed by atoms with E-state index in [1.807, 2.05) is 0 Å². The molecule has 2 rings (SSSR count). The van der Waals surface area contributed by atoms with Gasteiger partial charge in [0.05, 0.1) is 0 Å². The van der Waals surface area contributed by atoms with E-state index in [1.54, 1.807) is 0 Å². The number of carbonyl (C=O) groups is 1. The lowest BCUT2D eigenvalue weighted by Gasteiger charge is -2.33. The average Bonchev–Trinajstić information content (AvgIpc) is 2.42. The maximum Gasteiger partial charge on any atom is 0.303 e. The Morgan fingerprint density at radius 1 is 1.50 bits per heavy atom. The molecular weight excluding hydrogens is 152 g/mol. The van der Waals surface area contributed by atoms with E-state index < -0.39 is 0 Å². The van der Waals surface area contributed by atoms with Gasteiger partial charge < -0.3 is 4.74 Å². The Hall–Kier alpha value is -0.530. The predicted octanol–water partition coefficient (Wildman–Crippen LogP) is 2.13. The summed E-state index contributed by atoms with van der Waals surface area (Å²) >= 11 is 0. The van der Waals surface area contributed by atoms with Crippen molar-refractivity contribution in [1.82, 2.24) is 0 Å². The lowest BCUT2D eigenvalue weighted by atomic mass is 9.86. The zero-order chi connectivity index (χ0) is 8.77. The maximum absolute atomic E-state index is 10.9. The van der Waals surface area contributed by atoms with Gasteiger partial charge in [0.2, 0.25) is 0 Å². The minimum atomic E-state index is -0.120. The van der Waals surface area contributed by atoms with Gasteiger partial charge in [-0.1, -0.05) is 0 Å². The summed E-state index contributed by atoms with van der Waals surface area (Å²) in [7, 11) is 0. The minimum absolute atomic E-state index is 0.116. The molecule has 0 saturated heterocycles. The topological polar surface area (TPSA) is 26.3 Å². The third kappa shape index (κ3) is 1.13. The zero-order valence-electron chi connectivity index (χ0n) is 7.80. The van der Waals surface area contributed by atoms with Gasteiger partial charge in [-0.2, -0.15) is 0 Å². The number of hydrogen-bond acceptors (Lipinski definition) is 2. The van der Waals surface area contributed by atoms with Crippen LogP contribution in [-0.2, 0) is 9.53 Å². The highest BCUT2D eigenvalue weighted by Crippen LogP contribution is 2.52. The van der Waals surface area contributed by atoms with Crippen molar-refractivity contribution in [2.75, 3.05) is 0 Å². The van der Waals surface area contributed by atoms with Gasteiger partial charge in [0.25, 0.3) is 0 Å². The van der Waals surface area contributed by atoms with Crippen LogP contribution in [0.15, 0.2) is 0 Å². The fraction of sp³-hybridized carbons (Fsp3) is 0.900. The number of rotatable bonds is 1. The SMILES string of the molecule is CC(=O)O[C@@]1(C)C[C@H]2CC[C@@H]1C2. The summed E-state index contributed by atoms with van der Waals surface area (Å²) in [5.74, 6) is 1.36. The van der Waals surface area contributed by atoms with Gasteiger partial charge in [0.15, 0.2) is 0 Å². The standard InChI is InChI=1S/C10H16O2/c1-7(11)12-10(2)6-8-3-4-9(10)5-8/h8-9H,3-6H2,1-2H3/t8-,9+,10-/m0/s1. The molecule has 2 aliphatic carbocycles. The molecule has 12 heavy (non-hydrogen) atoms. The molecule has 0 aliphatic heterocycles. The van der Waals surface area contributed by atoms with Crippen LogP contribution in [0.5, 0.6) is 0 Å². The second kappa shape index (κ2) is 2.48. The van der Waals surface area contributed by atoms with Gasteiger partial charge in [-0.15, -0.1) is 0 Å². The fourth-order valence-electron chi connectivity index (χ4n) is 3.01. The molecule has 3 atom stereocenters. The number of esters is 1. The third-order valence-electron chi connectivity index (χ3n) is 3.48. The normalized spacial score (nSPS) is 44.8. The number of carbonyl (C=O) groups excluding carboxylic acids is 1. The molecule has 0 radical (unpaired) electrons. The van der Waals surface area contributed by atoms with E-state index in [1.165, 1.54) is 26.2 Å². The summed E-state index contributed by atoms with van der Waals surface area (Å²) in [6, 6.07) is 0. The molecule has 2 heteroatoms. The van der Waals surface area contributed by atoms with Gasteiger partial charge in [0.1, 0.15) is 5.60 Å². The van der Waals surface area contributed by atoms with E-state index in [9.17, 15) is 4.79 Å². The van der Waals surface area contributed by atoms with E-state index in [-0.39, 0.29) is 11.6 Å². The number of hydrogen-bond donors (Lipinski definition) is 0. The van der Waals surface area contributed by atoms with Crippen molar-refractivity contribution < 1.29 is 9.53 Å². The molecule has 0 aromatic heterocycles. The van der Waals surface area contributed by atoms with Crippen LogP contribution in [0.3, 0.4) is 0 Å². The molecule has 0 unspecified atom stereocenters. The van der Waals surface area contributed by atoms with E-state index in [0.29, 0.717) is 5.92 Å². The highest BCUT2D eigenvalue weighted by Gasteiger charge is 2.50. The summed E-state index contributed by atoms with van der Waals surface area (Å²) in [6.07, 6.45) is 4.98. The van der Waals surface area contributed by atoms with E-state index in [0.717, 1.165) is 12.3 Å². The Morgan fingerprint density at radius 3 is 2.67 bits per heavy atom. The molecule has 68 valence electrons. The molecule has 0 amide bonds. The zero-order valence-corrected chi connectivity index (χ0v) is 7.80. The van der Waals surface area contributed by atoms with Crippen LogP contribution in [0.1, 0.15) is 39.5 Å². The number of fused-ring (bicyclic) bond motifs is 2. The van der Waals surface area contributed by atoms with Crippen molar-refractivity contribution in [2.45, 2.75) is 45.1 Å². The quantitative estimate of drug-likeness (QED) is 0.561. The van der Waals surface area contributed by atoms with Crippen molar-refractivity contribution in [3.05, 3.63) is 0 Å². The molecule has 2 fully saturated rings. The van der Waals surface area contributed by atoms with Gasteiger partial charge in [-0.05, 0) is 44.4 Å². The van der Waals surface area contributed by atoms with Crippen LogP contribution in [0.4, 0.5) is 0 Å². The average molecular weight is 168 g/mol. The van der Waals surface area contributed by atoms with Gasteiger partial charge in [-0.25, -0.2) is 0 Å². The van der Waals surface area contributed by atoms with E-state index >= 15 is 0 Å². The molecule has 0 aromatic carbocycles. The van der Waals surface area contributed by atoms with Crippen molar-refractivity contribution in [3.63, 3.8) is 0 Å². The molecule has 2 aliphatic rings. The molecule has 2 nitrogen and oxygen atoms in total. The molecule has 0 aromatic rings. The van der Waals surface area contributed by atoms with Crippen LogP contribution in [0.25, 0.3) is 0 Å². The number of ether oxygens (including phenoxy) is 1. The first kappa shape index (κ1) is 8.09. The van der Waals surface area contributed by atoms with Crippen LogP contribution >= 0.6 is 0 Å². The van der Waals surface area contributed by atoms with Gasteiger partial charge in [-0.3, -0.25) is 4.79 Å². The van der Waals surface area contributed by atoms with Crippen molar-refractivity contribution in [3.8, 4) is 0 Å². The minimum Gasteiger partial charge on any atom is -0.459 e. The summed E-state index contributed by atoms with van der Waals surface area (Å²) in [5.41, 5.74) is -0.116. The Morgan fingerprint density at radius 2 is 2.25 bits per heavy atom. The van der Waals surface area contributed by atoms with Crippen molar-refractivity contribution in [2.24, 2.45) is 11.8 Å². The largest absolute Gasteiger partial charge is 0.459 e. The monoisotopic (exact) mass is 168 g/mol. The lowest BCUT2D eigenvalue weighted by molar-refractivity contribution is -0.160. The predicted molar refractivity (Wildman–Crippen MR) is 45.6 cm³/mol. The highest BCUT2D eigenvalue weighted by atomic mass is 16.6. The third-order valence-corrected chi connectivity index (χ3v) is 3.48.